The maximum Gasteiger partial charge on any atom is 0.389 e. The molecule has 0 fully saturated rings. The van der Waals surface area contributed by atoms with Crippen LogP contribution in [0, 0.1) is 24.6 Å². The zero-order valence-corrected chi connectivity index (χ0v) is 24.3. The average molecular weight is 632 g/mol. The van der Waals surface area contributed by atoms with E-state index in [0.717, 1.165) is 6.07 Å². The van der Waals surface area contributed by atoms with Crippen LogP contribution < -0.4 is 10.6 Å². The van der Waals surface area contributed by atoms with Crippen LogP contribution in [-0.4, -0.2) is 47.6 Å². The number of anilines is 1. The van der Waals surface area contributed by atoms with E-state index in [4.69, 9.17) is 4.74 Å². The van der Waals surface area contributed by atoms with E-state index in [1.807, 2.05) is 0 Å². The summed E-state index contributed by atoms with van der Waals surface area (Å²) < 4.78 is 98.8. The molecule has 240 valence electrons. The van der Waals surface area contributed by atoms with E-state index < -0.39 is 85.2 Å². The van der Waals surface area contributed by atoms with E-state index in [9.17, 15) is 45.1 Å². The molecule has 3 atom stereocenters. The lowest BCUT2D eigenvalue weighted by molar-refractivity contribution is -0.171. The van der Waals surface area contributed by atoms with Gasteiger partial charge in [-0.05, 0) is 58.2 Å². The van der Waals surface area contributed by atoms with Crippen LogP contribution in [0.5, 0.6) is 0 Å². The molecule has 0 radical (unpaired) electrons. The van der Waals surface area contributed by atoms with Gasteiger partial charge in [-0.2, -0.15) is 26.3 Å². The van der Waals surface area contributed by atoms with E-state index in [2.05, 4.69) is 15.6 Å². The molecule has 14 heteroatoms. The molecule has 0 bridgehead atoms. The number of carbonyl (C=O) groups excluding carboxylic acids is 3. The number of nitrogens with zero attached hydrogens (tertiary/aromatic N) is 1. The molecule has 0 aromatic heterocycles. The van der Waals surface area contributed by atoms with Gasteiger partial charge in [-0.25, -0.2) is 9.38 Å². The quantitative estimate of drug-likeness (QED) is 0.240. The minimum absolute atomic E-state index is 0.0551. The zero-order chi connectivity index (χ0) is 33.0. The van der Waals surface area contributed by atoms with Gasteiger partial charge in [0.1, 0.15) is 11.4 Å². The van der Waals surface area contributed by atoms with Gasteiger partial charge in [0.05, 0.1) is 23.2 Å². The van der Waals surface area contributed by atoms with Crippen molar-refractivity contribution in [1.29, 1.82) is 0 Å². The highest BCUT2D eigenvalue weighted by atomic mass is 19.4. The van der Waals surface area contributed by atoms with Gasteiger partial charge in [0.25, 0.3) is 5.91 Å². The van der Waals surface area contributed by atoms with Crippen molar-refractivity contribution in [3.63, 3.8) is 0 Å². The van der Waals surface area contributed by atoms with E-state index in [1.165, 1.54) is 39.0 Å². The topological polar surface area (TPSA) is 96.9 Å². The minimum atomic E-state index is -4.82. The first-order chi connectivity index (χ1) is 20.2. The SMILES string of the molecule is Cc1cccc2c1NC(=O)[C@@H](NC(=O)[C@H](CCC(F)(F)F)[C@H](CCC(F)(F)F)C(=O)OC(C)(C)C)N=C2c1cccc(F)c1. The van der Waals surface area contributed by atoms with Gasteiger partial charge in [0.15, 0.2) is 0 Å². The van der Waals surface area contributed by atoms with Crippen molar-refractivity contribution >= 4 is 29.2 Å². The van der Waals surface area contributed by atoms with Crippen molar-refractivity contribution in [2.75, 3.05) is 5.32 Å². The molecule has 2 aromatic rings. The Hall–Kier alpha value is -3.97. The number of esters is 1. The molecule has 0 unspecified atom stereocenters. The first kappa shape index (κ1) is 34.5. The zero-order valence-electron chi connectivity index (χ0n) is 24.3. The summed E-state index contributed by atoms with van der Waals surface area (Å²) in [5.74, 6) is -8.06. The van der Waals surface area contributed by atoms with Crippen LogP contribution in [0.2, 0.25) is 0 Å². The summed E-state index contributed by atoms with van der Waals surface area (Å²) in [5, 5.41) is 4.82. The Morgan fingerprint density at radius 3 is 2.11 bits per heavy atom. The van der Waals surface area contributed by atoms with Crippen molar-refractivity contribution in [1.82, 2.24) is 5.32 Å². The second-order valence-electron chi connectivity index (χ2n) is 11.4. The standard InChI is InChI=1S/C30H32F7N3O4/c1-16-7-5-10-21-22(16)39-26(42)24(38-23(21)17-8-6-9-18(31)15-17)40-25(41)19(11-13-29(32,33)34)20(12-14-30(35,36)37)27(43)44-28(2,3)4/h5-10,15,19-20,24H,11-14H2,1-4H3,(H,39,42)(H,40,41)/t19-,20+,24-/m1/s1. The molecule has 0 aliphatic carbocycles. The lowest BCUT2D eigenvalue weighted by Gasteiger charge is -2.30. The number of hydrogen-bond acceptors (Lipinski definition) is 5. The Bertz CT molecular complexity index is 1410. The second kappa shape index (κ2) is 13.3. The first-order valence-corrected chi connectivity index (χ1v) is 13.7. The lowest BCUT2D eigenvalue weighted by Crippen LogP contribution is -2.48. The largest absolute Gasteiger partial charge is 0.460 e. The Kier molecular flexibility index (Phi) is 10.5. The van der Waals surface area contributed by atoms with Crippen molar-refractivity contribution < 1.29 is 49.9 Å². The van der Waals surface area contributed by atoms with Gasteiger partial charge in [-0.15, -0.1) is 0 Å². The smallest absolute Gasteiger partial charge is 0.389 e. The predicted octanol–water partition coefficient (Wildman–Crippen LogP) is 6.63. The van der Waals surface area contributed by atoms with E-state index in [1.54, 1.807) is 25.1 Å². The number of aliphatic imine (C=N–C) groups is 1. The first-order valence-electron chi connectivity index (χ1n) is 13.7. The molecule has 1 heterocycles. The van der Waals surface area contributed by atoms with Gasteiger partial charge in [0.2, 0.25) is 12.1 Å². The van der Waals surface area contributed by atoms with Crippen LogP contribution in [0.25, 0.3) is 0 Å². The molecule has 2 N–H and O–H groups in total. The molecular formula is C30H32F7N3O4. The number of nitrogens with one attached hydrogen (secondary N) is 2. The molecule has 44 heavy (non-hydrogen) atoms. The van der Waals surface area contributed by atoms with E-state index >= 15 is 0 Å². The fourth-order valence-corrected chi connectivity index (χ4v) is 4.70. The summed E-state index contributed by atoms with van der Waals surface area (Å²) in [6, 6.07) is 10.1. The number of ether oxygens (including phenoxy) is 1. The monoisotopic (exact) mass is 631 g/mol. The number of rotatable bonds is 9. The van der Waals surface area contributed by atoms with Crippen LogP contribution in [0.4, 0.5) is 36.4 Å². The third-order valence-electron chi connectivity index (χ3n) is 6.67. The van der Waals surface area contributed by atoms with E-state index in [0.29, 0.717) is 11.1 Å². The lowest BCUT2D eigenvalue weighted by atomic mass is 9.83. The summed E-state index contributed by atoms with van der Waals surface area (Å²) in [7, 11) is 0. The highest BCUT2D eigenvalue weighted by molar-refractivity contribution is 6.20. The molecule has 0 saturated carbocycles. The van der Waals surface area contributed by atoms with Crippen LogP contribution in [0.15, 0.2) is 47.5 Å². The van der Waals surface area contributed by atoms with Gasteiger partial charge in [-0.1, -0.05) is 30.3 Å². The van der Waals surface area contributed by atoms with Gasteiger partial charge < -0.3 is 15.4 Å². The normalized spacial score (nSPS) is 17.0. The summed E-state index contributed by atoms with van der Waals surface area (Å²) in [6.45, 7) is 5.90. The number of para-hydroxylation sites is 1. The number of halogens is 7. The molecule has 0 spiro atoms. The van der Waals surface area contributed by atoms with Crippen LogP contribution in [0.3, 0.4) is 0 Å². The van der Waals surface area contributed by atoms with Crippen LogP contribution >= 0.6 is 0 Å². The van der Waals surface area contributed by atoms with Gasteiger partial charge in [-0.3, -0.25) is 14.4 Å². The molecule has 1 aliphatic heterocycles. The fourth-order valence-electron chi connectivity index (χ4n) is 4.70. The Labute approximate surface area is 249 Å². The maximum absolute atomic E-state index is 14.2. The molecule has 0 saturated heterocycles. The van der Waals surface area contributed by atoms with Crippen molar-refractivity contribution in [3.05, 3.63) is 65.0 Å². The summed E-state index contributed by atoms with van der Waals surface area (Å²) in [6.07, 6.45) is -16.7. The summed E-state index contributed by atoms with van der Waals surface area (Å²) >= 11 is 0. The number of fused-ring (bicyclic) bond motifs is 1. The summed E-state index contributed by atoms with van der Waals surface area (Å²) in [4.78, 5) is 44.2. The number of hydrogen-bond donors (Lipinski definition) is 2. The molecule has 7 nitrogen and oxygen atoms in total. The summed E-state index contributed by atoms with van der Waals surface area (Å²) in [5.41, 5.74) is 0.242. The van der Waals surface area contributed by atoms with Crippen molar-refractivity contribution in [3.8, 4) is 0 Å². The van der Waals surface area contributed by atoms with Crippen LogP contribution in [0.1, 0.15) is 63.1 Å². The number of amides is 2. The Morgan fingerprint density at radius 1 is 0.955 bits per heavy atom. The average Bonchev–Trinajstić information content (AvgIpc) is 3.00. The fraction of sp³-hybridized carbons (Fsp3) is 0.467. The molecule has 2 aromatic carbocycles. The number of benzodiazepines with no additional fused rings is 1. The number of aryl methyl sites for hydroxylation is 1. The number of alkyl halides is 6. The molecular weight excluding hydrogens is 599 g/mol. The maximum atomic E-state index is 14.2. The minimum Gasteiger partial charge on any atom is -0.460 e. The predicted molar refractivity (Wildman–Crippen MR) is 147 cm³/mol. The third kappa shape index (κ3) is 9.78. The van der Waals surface area contributed by atoms with Gasteiger partial charge >= 0.3 is 18.3 Å². The second-order valence-corrected chi connectivity index (χ2v) is 11.4. The van der Waals surface area contributed by atoms with E-state index in [-0.39, 0.29) is 17.0 Å². The van der Waals surface area contributed by atoms with Crippen molar-refractivity contribution in [2.24, 2.45) is 16.8 Å². The molecule has 3 rings (SSSR count). The highest BCUT2D eigenvalue weighted by Crippen LogP contribution is 2.35. The van der Waals surface area contributed by atoms with Gasteiger partial charge in [0, 0.05) is 24.0 Å². The Balaban J connectivity index is 2.06. The number of carbonyl (C=O) groups is 3. The molecule has 1 aliphatic rings. The Morgan fingerprint density at radius 2 is 1.55 bits per heavy atom. The third-order valence-corrected chi connectivity index (χ3v) is 6.67. The van der Waals surface area contributed by atoms with Crippen molar-refractivity contribution in [2.45, 2.75) is 77.5 Å². The van der Waals surface area contributed by atoms with Crippen LogP contribution in [-0.2, 0) is 19.1 Å². The molecule has 2 amide bonds. The number of benzene rings is 2. The highest BCUT2D eigenvalue weighted by Gasteiger charge is 2.42.